The van der Waals surface area contributed by atoms with Crippen molar-refractivity contribution in [1.29, 1.82) is 0 Å². The summed E-state index contributed by atoms with van der Waals surface area (Å²) in [6.45, 7) is 6.15. The molecule has 0 unspecified atom stereocenters. The molecule has 0 radical (unpaired) electrons. The molecule has 5 heteroatoms. The molecule has 5 nitrogen and oxygen atoms in total. The fourth-order valence-corrected chi connectivity index (χ4v) is 1.57. The largest absolute Gasteiger partial charge is 0.357 e. The van der Waals surface area contributed by atoms with Crippen LogP contribution in [-0.2, 0) is 0 Å². The molecule has 0 saturated heterocycles. The van der Waals surface area contributed by atoms with Gasteiger partial charge in [-0.3, -0.25) is 0 Å². The maximum absolute atomic E-state index is 4.41. The third-order valence-electron chi connectivity index (χ3n) is 2.35. The Morgan fingerprint density at radius 2 is 2.07 bits per heavy atom. The van der Waals surface area contributed by atoms with Crippen LogP contribution >= 0.6 is 0 Å². The molecular weight excluding hydrogens is 190 g/mol. The fraction of sp³-hybridized carbons (Fsp3) is 0.500. The molecule has 0 spiro atoms. The van der Waals surface area contributed by atoms with Crippen molar-refractivity contribution in [1.82, 2.24) is 19.6 Å². The van der Waals surface area contributed by atoms with Gasteiger partial charge in [0.05, 0.1) is 6.20 Å². The van der Waals surface area contributed by atoms with Gasteiger partial charge in [0.1, 0.15) is 5.82 Å². The summed E-state index contributed by atoms with van der Waals surface area (Å²) in [5.41, 5.74) is 2.04. The van der Waals surface area contributed by atoms with E-state index in [4.69, 9.17) is 0 Å². The Kier molecular flexibility index (Phi) is 2.30. The van der Waals surface area contributed by atoms with Crippen LogP contribution in [0.3, 0.4) is 0 Å². The topological polar surface area (TPSA) is 55.1 Å². The van der Waals surface area contributed by atoms with E-state index in [2.05, 4.69) is 34.2 Å². The molecule has 0 amide bonds. The van der Waals surface area contributed by atoms with Gasteiger partial charge in [0.15, 0.2) is 5.65 Å². The maximum Gasteiger partial charge on any atom is 0.227 e. The number of anilines is 1. The van der Waals surface area contributed by atoms with E-state index in [1.54, 1.807) is 4.52 Å². The minimum Gasteiger partial charge on any atom is -0.357 e. The van der Waals surface area contributed by atoms with Crippen LogP contribution in [0.1, 0.15) is 31.2 Å². The van der Waals surface area contributed by atoms with E-state index in [1.165, 1.54) is 0 Å². The Morgan fingerprint density at radius 1 is 1.33 bits per heavy atom. The molecule has 0 saturated carbocycles. The summed E-state index contributed by atoms with van der Waals surface area (Å²) in [6.07, 6.45) is 1.86. The Morgan fingerprint density at radius 3 is 2.67 bits per heavy atom. The van der Waals surface area contributed by atoms with Crippen LogP contribution in [0.5, 0.6) is 0 Å². The van der Waals surface area contributed by atoms with Crippen LogP contribution in [0, 0.1) is 6.92 Å². The van der Waals surface area contributed by atoms with Crippen LogP contribution in [0.25, 0.3) is 5.65 Å². The molecule has 2 heterocycles. The van der Waals surface area contributed by atoms with Gasteiger partial charge in [-0.15, -0.1) is 0 Å². The zero-order chi connectivity index (χ0) is 11.0. The van der Waals surface area contributed by atoms with Gasteiger partial charge >= 0.3 is 0 Å². The molecule has 0 bridgehead atoms. The second-order valence-corrected chi connectivity index (χ2v) is 3.83. The highest BCUT2D eigenvalue weighted by Gasteiger charge is 2.12. The summed E-state index contributed by atoms with van der Waals surface area (Å²) in [5, 5.41) is 7.29. The monoisotopic (exact) mass is 205 g/mol. The van der Waals surface area contributed by atoms with Crippen molar-refractivity contribution >= 4 is 11.6 Å². The first-order valence-electron chi connectivity index (χ1n) is 5.03. The molecule has 0 aromatic carbocycles. The smallest absolute Gasteiger partial charge is 0.227 e. The molecule has 2 aromatic heterocycles. The quantitative estimate of drug-likeness (QED) is 0.809. The van der Waals surface area contributed by atoms with Gasteiger partial charge in [0.2, 0.25) is 5.95 Å². The predicted octanol–water partition coefficient (Wildman–Crippen LogP) is 1.60. The summed E-state index contributed by atoms with van der Waals surface area (Å²) < 4.78 is 1.74. The van der Waals surface area contributed by atoms with Crippen molar-refractivity contribution < 1.29 is 0 Å². The molecule has 0 aliphatic heterocycles. The standard InChI is InChI=1S/C10H15N5/c1-6(2)8-5-12-15-9(8)13-7(3)14-10(15)11-4/h5-6H,1-4H3,(H,11,13,14). The summed E-state index contributed by atoms with van der Waals surface area (Å²) in [7, 11) is 1.83. The van der Waals surface area contributed by atoms with Crippen molar-refractivity contribution in [3.8, 4) is 0 Å². The summed E-state index contributed by atoms with van der Waals surface area (Å²) in [5.74, 6) is 1.90. The fourth-order valence-electron chi connectivity index (χ4n) is 1.57. The van der Waals surface area contributed by atoms with E-state index < -0.39 is 0 Å². The molecule has 0 fully saturated rings. The van der Waals surface area contributed by atoms with Gasteiger partial charge in [-0.2, -0.15) is 14.6 Å². The predicted molar refractivity (Wildman–Crippen MR) is 59.2 cm³/mol. The van der Waals surface area contributed by atoms with Crippen molar-refractivity contribution in [3.63, 3.8) is 0 Å². The lowest BCUT2D eigenvalue weighted by atomic mass is 10.1. The van der Waals surface area contributed by atoms with Crippen LogP contribution in [-0.4, -0.2) is 26.6 Å². The van der Waals surface area contributed by atoms with E-state index in [9.17, 15) is 0 Å². The SMILES string of the molecule is CNc1nc(C)nc2c(C(C)C)cnn12. The molecule has 0 aliphatic carbocycles. The number of nitrogens with one attached hydrogen (secondary N) is 1. The molecule has 2 aromatic rings. The van der Waals surface area contributed by atoms with Crippen LogP contribution in [0.15, 0.2) is 6.20 Å². The zero-order valence-corrected chi connectivity index (χ0v) is 9.44. The molecule has 15 heavy (non-hydrogen) atoms. The third kappa shape index (κ3) is 1.54. The first-order chi connectivity index (χ1) is 7.13. The van der Waals surface area contributed by atoms with Gasteiger partial charge in [-0.05, 0) is 12.8 Å². The van der Waals surface area contributed by atoms with Crippen LogP contribution in [0.2, 0.25) is 0 Å². The average molecular weight is 205 g/mol. The number of nitrogens with zero attached hydrogens (tertiary/aromatic N) is 4. The summed E-state index contributed by atoms with van der Waals surface area (Å²) in [4.78, 5) is 8.69. The Labute approximate surface area is 88.6 Å². The molecule has 1 N–H and O–H groups in total. The number of aromatic nitrogens is 4. The Balaban J connectivity index is 2.75. The maximum atomic E-state index is 4.41. The van der Waals surface area contributed by atoms with Gasteiger partial charge < -0.3 is 5.32 Å². The minimum atomic E-state index is 0.418. The van der Waals surface area contributed by atoms with Gasteiger partial charge in [0, 0.05) is 12.6 Å². The molecule has 2 rings (SSSR count). The van der Waals surface area contributed by atoms with Crippen LogP contribution < -0.4 is 5.32 Å². The van der Waals surface area contributed by atoms with E-state index in [-0.39, 0.29) is 0 Å². The highest BCUT2D eigenvalue weighted by atomic mass is 15.3. The number of hydrogen-bond acceptors (Lipinski definition) is 4. The molecule has 80 valence electrons. The lowest BCUT2D eigenvalue weighted by molar-refractivity contribution is 0.860. The highest BCUT2D eigenvalue weighted by Crippen LogP contribution is 2.20. The number of fused-ring (bicyclic) bond motifs is 1. The number of rotatable bonds is 2. The van der Waals surface area contributed by atoms with E-state index >= 15 is 0 Å². The lowest BCUT2D eigenvalue weighted by Gasteiger charge is -2.05. The van der Waals surface area contributed by atoms with Gasteiger partial charge in [-0.1, -0.05) is 13.8 Å². The number of hydrogen-bond donors (Lipinski definition) is 1. The summed E-state index contributed by atoms with van der Waals surface area (Å²) >= 11 is 0. The Bertz CT molecular complexity index is 486. The second-order valence-electron chi connectivity index (χ2n) is 3.83. The van der Waals surface area contributed by atoms with Crippen LogP contribution in [0.4, 0.5) is 5.95 Å². The van der Waals surface area contributed by atoms with Gasteiger partial charge in [0.25, 0.3) is 0 Å². The third-order valence-corrected chi connectivity index (χ3v) is 2.35. The lowest BCUT2D eigenvalue weighted by Crippen LogP contribution is -2.06. The zero-order valence-electron chi connectivity index (χ0n) is 9.44. The molecule has 0 atom stereocenters. The average Bonchev–Trinajstić information content (AvgIpc) is 2.59. The van der Waals surface area contributed by atoms with E-state index in [0.717, 1.165) is 23.0 Å². The van der Waals surface area contributed by atoms with Crippen molar-refractivity contribution in [2.75, 3.05) is 12.4 Å². The van der Waals surface area contributed by atoms with E-state index in [1.807, 2.05) is 20.2 Å². The first kappa shape index (κ1) is 9.89. The highest BCUT2D eigenvalue weighted by molar-refractivity contribution is 5.51. The number of aryl methyl sites for hydroxylation is 1. The summed E-state index contributed by atoms with van der Waals surface area (Å²) in [6, 6.07) is 0. The van der Waals surface area contributed by atoms with Crippen molar-refractivity contribution in [2.24, 2.45) is 0 Å². The second kappa shape index (κ2) is 3.49. The first-order valence-corrected chi connectivity index (χ1v) is 5.03. The minimum absolute atomic E-state index is 0.418. The molecule has 0 aliphatic rings. The van der Waals surface area contributed by atoms with Crippen molar-refractivity contribution in [3.05, 3.63) is 17.6 Å². The van der Waals surface area contributed by atoms with Gasteiger partial charge in [-0.25, -0.2) is 4.98 Å². The van der Waals surface area contributed by atoms with E-state index in [0.29, 0.717) is 5.92 Å². The normalized spacial score (nSPS) is 11.3. The van der Waals surface area contributed by atoms with Crippen molar-refractivity contribution in [2.45, 2.75) is 26.7 Å². The molecular formula is C10H15N5. The Hall–Kier alpha value is -1.65.